The van der Waals surface area contributed by atoms with Crippen molar-refractivity contribution in [2.45, 2.75) is 31.2 Å². The maximum Gasteiger partial charge on any atom is 0.306 e. The second-order valence-corrected chi connectivity index (χ2v) is 11.6. The second-order valence-electron chi connectivity index (χ2n) is 11.6. The van der Waals surface area contributed by atoms with Gasteiger partial charge in [0.15, 0.2) is 0 Å². The smallest absolute Gasteiger partial charge is 0.306 e. The number of carbonyl (C=O) groups excluding carboxylic acids is 2. The number of carboxylic acids is 1. The monoisotopic (exact) mass is 662 g/mol. The Morgan fingerprint density at radius 2 is 1.27 bits per heavy atom. The molecule has 10 heteroatoms. The molecular formula is C39H36F2N4O4. The van der Waals surface area contributed by atoms with Gasteiger partial charge in [0.25, 0.3) is 0 Å². The summed E-state index contributed by atoms with van der Waals surface area (Å²) >= 11 is 0. The summed E-state index contributed by atoms with van der Waals surface area (Å²) in [4.78, 5) is 43.0. The molecule has 0 radical (unpaired) electrons. The normalized spacial score (nSPS) is 11.1. The van der Waals surface area contributed by atoms with Crippen LogP contribution in [0.2, 0.25) is 0 Å². The SMILES string of the molecule is O=C(O)CC(NC(=O)CNC(=O)CCCCNc1ccccn1)(c1cccc(-c2ccc(F)cc2)c1)c1cccc(-c2ccc(F)cc2)c1. The highest BCUT2D eigenvalue weighted by atomic mass is 19.1. The number of pyridine rings is 1. The number of nitrogens with one attached hydrogen (secondary N) is 3. The van der Waals surface area contributed by atoms with Gasteiger partial charge >= 0.3 is 5.97 Å². The van der Waals surface area contributed by atoms with Gasteiger partial charge in [0.1, 0.15) is 23.0 Å². The van der Waals surface area contributed by atoms with Crippen LogP contribution >= 0.6 is 0 Å². The molecule has 0 spiro atoms. The third-order valence-electron chi connectivity index (χ3n) is 8.08. The van der Waals surface area contributed by atoms with Crippen LogP contribution in [0.4, 0.5) is 14.6 Å². The number of anilines is 1. The van der Waals surface area contributed by atoms with E-state index >= 15 is 0 Å². The van der Waals surface area contributed by atoms with Crippen molar-refractivity contribution in [3.8, 4) is 22.3 Å². The van der Waals surface area contributed by atoms with Crippen LogP contribution in [0.25, 0.3) is 22.3 Å². The van der Waals surface area contributed by atoms with Gasteiger partial charge in [-0.25, -0.2) is 13.8 Å². The minimum Gasteiger partial charge on any atom is -0.481 e. The number of unbranched alkanes of at least 4 members (excludes halogenated alkanes) is 1. The lowest BCUT2D eigenvalue weighted by atomic mass is 9.78. The molecule has 250 valence electrons. The van der Waals surface area contributed by atoms with Crippen LogP contribution in [-0.2, 0) is 19.9 Å². The van der Waals surface area contributed by atoms with Crippen molar-refractivity contribution in [2.24, 2.45) is 0 Å². The Bertz CT molecular complexity index is 1800. The standard InChI is InChI=1S/C39H36F2N4O4/c40-33-17-13-27(14-18-33)29-7-5-9-31(23-29)39(25-38(48)49,32-10-6-8-30(24-32)28-15-19-34(41)20-16-28)45-37(47)26-44-36(46)12-2-4-22-43-35-11-1-3-21-42-35/h1,3,5-11,13-21,23-24H,2,4,12,22,25-26H2,(H,42,43)(H,44,46)(H,45,47)(H,48,49). The Labute approximate surface area is 283 Å². The summed E-state index contributed by atoms with van der Waals surface area (Å²) in [7, 11) is 0. The fraction of sp³-hybridized carbons (Fsp3) is 0.179. The summed E-state index contributed by atoms with van der Waals surface area (Å²) in [6.07, 6.45) is 2.67. The van der Waals surface area contributed by atoms with E-state index in [1.54, 1.807) is 66.9 Å². The Kier molecular flexibility index (Phi) is 11.4. The first-order chi connectivity index (χ1) is 23.7. The molecular weight excluding hydrogens is 626 g/mol. The lowest BCUT2D eigenvalue weighted by Crippen LogP contribution is -2.51. The van der Waals surface area contributed by atoms with Gasteiger partial charge in [0.2, 0.25) is 11.8 Å². The molecule has 0 aliphatic carbocycles. The van der Waals surface area contributed by atoms with Crippen molar-refractivity contribution in [1.29, 1.82) is 0 Å². The number of hydrogen-bond acceptors (Lipinski definition) is 5. The first-order valence-corrected chi connectivity index (χ1v) is 15.9. The number of nitrogens with zero attached hydrogens (tertiary/aromatic N) is 1. The average Bonchev–Trinajstić information content (AvgIpc) is 3.11. The Morgan fingerprint density at radius 3 is 1.80 bits per heavy atom. The second kappa shape index (κ2) is 16.3. The summed E-state index contributed by atoms with van der Waals surface area (Å²) in [6.45, 7) is 0.262. The Morgan fingerprint density at radius 1 is 0.673 bits per heavy atom. The van der Waals surface area contributed by atoms with Gasteiger partial charge in [-0.2, -0.15) is 0 Å². The summed E-state index contributed by atoms with van der Waals surface area (Å²) in [5.74, 6) is -2.12. The van der Waals surface area contributed by atoms with Crippen molar-refractivity contribution in [3.05, 3.63) is 144 Å². The van der Waals surface area contributed by atoms with Gasteiger partial charge in [0.05, 0.1) is 13.0 Å². The van der Waals surface area contributed by atoms with Crippen molar-refractivity contribution in [1.82, 2.24) is 15.6 Å². The third-order valence-corrected chi connectivity index (χ3v) is 8.08. The van der Waals surface area contributed by atoms with Crippen LogP contribution in [0.1, 0.15) is 36.8 Å². The van der Waals surface area contributed by atoms with Crippen LogP contribution in [-0.4, -0.2) is 41.0 Å². The maximum atomic E-state index is 13.7. The number of hydrogen-bond donors (Lipinski definition) is 4. The van der Waals surface area contributed by atoms with E-state index in [0.29, 0.717) is 52.8 Å². The number of aliphatic carboxylic acids is 1. The first-order valence-electron chi connectivity index (χ1n) is 15.9. The molecule has 4 N–H and O–H groups in total. The molecule has 0 unspecified atom stereocenters. The molecule has 5 rings (SSSR count). The molecule has 0 bridgehead atoms. The number of amides is 2. The van der Waals surface area contributed by atoms with Crippen LogP contribution in [0, 0.1) is 11.6 Å². The van der Waals surface area contributed by atoms with Crippen molar-refractivity contribution in [2.75, 3.05) is 18.4 Å². The van der Waals surface area contributed by atoms with E-state index < -0.39 is 35.5 Å². The zero-order valence-electron chi connectivity index (χ0n) is 26.7. The number of carbonyl (C=O) groups is 3. The lowest BCUT2D eigenvalue weighted by Gasteiger charge is -2.35. The van der Waals surface area contributed by atoms with Gasteiger partial charge in [-0.1, -0.05) is 66.7 Å². The van der Waals surface area contributed by atoms with E-state index in [9.17, 15) is 28.3 Å². The molecule has 0 fully saturated rings. The topological polar surface area (TPSA) is 120 Å². The third kappa shape index (κ3) is 9.35. The van der Waals surface area contributed by atoms with Crippen LogP contribution in [0.5, 0.6) is 0 Å². The molecule has 5 aromatic rings. The maximum absolute atomic E-state index is 13.7. The Balaban J connectivity index is 1.39. The van der Waals surface area contributed by atoms with Crippen molar-refractivity contribution >= 4 is 23.6 Å². The Hall–Kier alpha value is -5.90. The summed E-state index contributed by atoms with van der Waals surface area (Å²) in [5.41, 5.74) is 2.10. The van der Waals surface area contributed by atoms with Gasteiger partial charge in [-0.15, -0.1) is 0 Å². The van der Waals surface area contributed by atoms with E-state index in [1.807, 2.05) is 30.3 Å². The summed E-state index contributed by atoms with van der Waals surface area (Å²) in [6, 6.07) is 31.4. The minimum absolute atomic E-state index is 0.205. The van der Waals surface area contributed by atoms with Gasteiger partial charge in [-0.05, 0) is 94.8 Å². The van der Waals surface area contributed by atoms with Crippen LogP contribution in [0.15, 0.2) is 121 Å². The van der Waals surface area contributed by atoms with E-state index in [4.69, 9.17) is 0 Å². The van der Waals surface area contributed by atoms with Gasteiger partial charge < -0.3 is 21.1 Å². The zero-order valence-corrected chi connectivity index (χ0v) is 26.7. The summed E-state index contributed by atoms with van der Waals surface area (Å²) in [5, 5.41) is 19.0. The molecule has 8 nitrogen and oxygen atoms in total. The molecule has 0 aliphatic heterocycles. The minimum atomic E-state index is -1.59. The van der Waals surface area contributed by atoms with E-state index in [1.165, 1.54) is 24.3 Å². The molecule has 1 heterocycles. The number of rotatable bonds is 15. The van der Waals surface area contributed by atoms with E-state index in [0.717, 1.165) is 5.82 Å². The van der Waals surface area contributed by atoms with Gasteiger partial charge in [-0.3, -0.25) is 14.4 Å². The first kappa shape index (κ1) is 34.4. The fourth-order valence-electron chi connectivity index (χ4n) is 5.64. The molecule has 0 aliphatic rings. The highest BCUT2D eigenvalue weighted by molar-refractivity contribution is 5.86. The van der Waals surface area contributed by atoms with E-state index in [2.05, 4.69) is 20.9 Å². The number of carboxylic acid groups (broad SMARTS) is 1. The molecule has 49 heavy (non-hydrogen) atoms. The van der Waals surface area contributed by atoms with Crippen LogP contribution < -0.4 is 16.0 Å². The van der Waals surface area contributed by atoms with Crippen LogP contribution in [0.3, 0.4) is 0 Å². The molecule has 2 amide bonds. The van der Waals surface area contributed by atoms with Crippen molar-refractivity contribution in [3.63, 3.8) is 0 Å². The molecule has 0 atom stereocenters. The number of aromatic nitrogens is 1. The van der Waals surface area contributed by atoms with Gasteiger partial charge in [0, 0.05) is 19.2 Å². The zero-order chi connectivity index (χ0) is 34.6. The highest BCUT2D eigenvalue weighted by Crippen LogP contribution is 2.37. The predicted molar refractivity (Wildman–Crippen MR) is 184 cm³/mol. The predicted octanol–water partition coefficient (Wildman–Crippen LogP) is 6.93. The number of halogens is 2. The molecule has 4 aromatic carbocycles. The van der Waals surface area contributed by atoms with E-state index in [-0.39, 0.29) is 18.9 Å². The average molecular weight is 663 g/mol. The molecule has 0 saturated carbocycles. The molecule has 1 aromatic heterocycles. The summed E-state index contributed by atoms with van der Waals surface area (Å²) < 4.78 is 27.4. The quantitative estimate of drug-likeness (QED) is 0.0904. The largest absolute Gasteiger partial charge is 0.481 e. The van der Waals surface area contributed by atoms with Crippen molar-refractivity contribution < 1.29 is 28.3 Å². The number of benzene rings is 4. The highest BCUT2D eigenvalue weighted by Gasteiger charge is 2.39. The lowest BCUT2D eigenvalue weighted by molar-refractivity contribution is -0.139. The molecule has 0 saturated heterocycles. The fourth-order valence-corrected chi connectivity index (χ4v) is 5.64.